The maximum Gasteiger partial charge on any atom is 0.340 e. The van der Waals surface area contributed by atoms with Crippen LogP contribution in [0, 0.1) is 25.2 Å². The van der Waals surface area contributed by atoms with Crippen LogP contribution in [0.4, 0.5) is 5.00 Å². The van der Waals surface area contributed by atoms with Crippen molar-refractivity contribution in [1.82, 2.24) is 4.98 Å². The number of benzene rings is 1. The molecule has 0 atom stereocenters. The lowest BCUT2D eigenvalue weighted by Gasteiger charge is -2.09. The van der Waals surface area contributed by atoms with Crippen LogP contribution in [0.25, 0.3) is 10.9 Å². The molecule has 6 nitrogen and oxygen atoms in total. The summed E-state index contributed by atoms with van der Waals surface area (Å²) in [6, 6.07) is 9.82. The minimum absolute atomic E-state index is 0.339. The number of thiophene rings is 1. The molecule has 2 aromatic heterocycles. The Morgan fingerprint density at radius 2 is 2.00 bits per heavy atom. The van der Waals surface area contributed by atoms with Crippen LogP contribution in [0.5, 0.6) is 0 Å². The standard InChI is InChI=1S/C24H23N3O3S/c1-14-8-9-20-16(10-14)11-18(15(2)26-20)24(29)30-13-22(28)27-23-19(12-25)17-6-4-3-5-7-21(17)31-23/h8-11H,3-7,13H2,1-2H3,(H,27,28). The van der Waals surface area contributed by atoms with E-state index in [1.54, 1.807) is 13.0 Å². The van der Waals surface area contributed by atoms with Crippen LogP contribution < -0.4 is 5.32 Å². The number of nitrogens with zero attached hydrogens (tertiary/aromatic N) is 2. The molecule has 1 N–H and O–H groups in total. The molecule has 0 saturated heterocycles. The molecule has 158 valence electrons. The average molecular weight is 434 g/mol. The Hall–Kier alpha value is -3.24. The zero-order chi connectivity index (χ0) is 22.0. The summed E-state index contributed by atoms with van der Waals surface area (Å²) in [5.74, 6) is -1.05. The number of aryl methyl sites for hydroxylation is 3. The summed E-state index contributed by atoms with van der Waals surface area (Å²) in [6.07, 6.45) is 5.12. The lowest BCUT2D eigenvalue weighted by Crippen LogP contribution is -2.21. The van der Waals surface area contributed by atoms with E-state index in [-0.39, 0.29) is 0 Å². The highest BCUT2D eigenvalue weighted by molar-refractivity contribution is 7.16. The monoisotopic (exact) mass is 433 g/mol. The highest BCUT2D eigenvalue weighted by Crippen LogP contribution is 2.36. The van der Waals surface area contributed by atoms with E-state index >= 15 is 0 Å². The van der Waals surface area contributed by atoms with Crippen molar-refractivity contribution in [2.24, 2.45) is 0 Å². The Labute approximate surface area is 184 Å². The van der Waals surface area contributed by atoms with Crippen molar-refractivity contribution in [2.45, 2.75) is 46.0 Å². The van der Waals surface area contributed by atoms with Crippen molar-refractivity contribution in [3.8, 4) is 6.07 Å². The smallest absolute Gasteiger partial charge is 0.340 e. The van der Waals surface area contributed by atoms with E-state index in [1.807, 2.05) is 25.1 Å². The Morgan fingerprint density at radius 3 is 2.81 bits per heavy atom. The van der Waals surface area contributed by atoms with E-state index in [4.69, 9.17) is 4.74 Å². The summed E-state index contributed by atoms with van der Waals surface area (Å²) in [5, 5.41) is 13.7. The summed E-state index contributed by atoms with van der Waals surface area (Å²) in [7, 11) is 0. The van der Waals surface area contributed by atoms with Gasteiger partial charge in [0.15, 0.2) is 6.61 Å². The number of rotatable bonds is 4. The van der Waals surface area contributed by atoms with E-state index in [1.165, 1.54) is 16.2 Å². The average Bonchev–Trinajstić information content (AvgIpc) is 2.90. The minimum Gasteiger partial charge on any atom is -0.452 e. The highest BCUT2D eigenvalue weighted by Gasteiger charge is 2.22. The molecule has 0 unspecified atom stereocenters. The number of anilines is 1. The lowest BCUT2D eigenvalue weighted by molar-refractivity contribution is -0.119. The molecule has 1 aliphatic rings. The molecule has 0 radical (unpaired) electrons. The first-order valence-corrected chi connectivity index (χ1v) is 11.2. The summed E-state index contributed by atoms with van der Waals surface area (Å²) in [6.45, 7) is 3.30. The zero-order valence-electron chi connectivity index (χ0n) is 17.6. The normalized spacial score (nSPS) is 13.2. The highest BCUT2D eigenvalue weighted by atomic mass is 32.1. The van der Waals surface area contributed by atoms with Gasteiger partial charge in [-0.25, -0.2) is 4.79 Å². The molecule has 0 aliphatic heterocycles. The molecule has 1 amide bonds. The number of hydrogen-bond acceptors (Lipinski definition) is 6. The molecular weight excluding hydrogens is 410 g/mol. The molecule has 31 heavy (non-hydrogen) atoms. The van der Waals surface area contributed by atoms with Crippen molar-refractivity contribution in [2.75, 3.05) is 11.9 Å². The summed E-state index contributed by atoms with van der Waals surface area (Å²) in [4.78, 5) is 30.7. The van der Waals surface area contributed by atoms with E-state index in [9.17, 15) is 14.9 Å². The van der Waals surface area contributed by atoms with Crippen LogP contribution in [-0.4, -0.2) is 23.5 Å². The van der Waals surface area contributed by atoms with Crippen LogP contribution in [0.15, 0.2) is 24.3 Å². The van der Waals surface area contributed by atoms with Gasteiger partial charge in [-0.15, -0.1) is 11.3 Å². The Bertz CT molecular complexity index is 1220. The molecular formula is C24H23N3O3S. The predicted octanol–water partition coefficient (Wildman–Crippen LogP) is 4.85. The number of aromatic nitrogens is 1. The van der Waals surface area contributed by atoms with Gasteiger partial charge < -0.3 is 10.1 Å². The van der Waals surface area contributed by atoms with Crippen molar-refractivity contribution in [1.29, 1.82) is 5.26 Å². The van der Waals surface area contributed by atoms with Gasteiger partial charge in [-0.3, -0.25) is 9.78 Å². The van der Waals surface area contributed by atoms with Gasteiger partial charge in [0.1, 0.15) is 11.1 Å². The number of esters is 1. The van der Waals surface area contributed by atoms with Crippen molar-refractivity contribution in [3.63, 3.8) is 0 Å². The maximum absolute atomic E-state index is 12.6. The minimum atomic E-state index is -0.592. The Morgan fingerprint density at radius 1 is 1.19 bits per heavy atom. The molecule has 3 aromatic rings. The third kappa shape index (κ3) is 4.44. The number of hydrogen-bond donors (Lipinski definition) is 1. The van der Waals surface area contributed by atoms with Gasteiger partial charge >= 0.3 is 5.97 Å². The van der Waals surface area contributed by atoms with Gasteiger partial charge in [-0.05, 0) is 63.3 Å². The van der Waals surface area contributed by atoms with Gasteiger partial charge in [0, 0.05) is 10.3 Å². The molecule has 0 fully saturated rings. The quantitative estimate of drug-likeness (QED) is 0.469. The first kappa shape index (κ1) is 21.0. The lowest BCUT2D eigenvalue weighted by atomic mass is 10.1. The fourth-order valence-corrected chi connectivity index (χ4v) is 5.18. The molecule has 1 aromatic carbocycles. The second-order valence-corrected chi connectivity index (χ2v) is 8.93. The van der Waals surface area contributed by atoms with Crippen LogP contribution in [0.1, 0.15) is 56.9 Å². The molecule has 0 saturated carbocycles. The Balaban J connectivity index is 1.45. The fraction of sp³-hybridized carbons (Fsp3) is 0.333. The van der Waals surface area contributed by atoms with Gasteiger partial charge in [0.25, 0.3) is 5.91 Å². The number of nitriles is 1. The van der Waals surface area contributed by atoms with Crippen molar-refractivity contribution in [3.05, 3.63) is 57.1 Å². The molecule has 0 spiro atoms. The molecule has 2 heterocycles. The molecule has 4 rings (SSSR count). The first-order chi connectivity index (χ1) is 15.0. The molecule has 1 aliphatic carbocycles. The van der Waals surface area contributed by atoms with Crippen LogP contribution in [0.3, 0.4) is 0 Å². The van der Waals surface area contributed by atoms with Crippen LogP contribution >= 0.6 is 11.3 Å². The summed E-state index contributed by atoms with van der Waals surface area (Å²) < 4.78 is 5.25. The third-order valence-corrected chi connectivity index (χ3v) is 6.71. The molecule has 7 heteroatoms. The third-order valence-electron chi connectivity index (χ3n) is 5.50. The van der Waals surface area contributed by atoms with Crippen LogP contribution in [-0.2, 0) is 22.4 Å². The van der Waals surface area contributed by atoms with Crippen molar-refractivity contribution >= 4 is 39.1 Å². The number of nitrogens with one attached hydrogen (secondary N) is 1. The topological polar surface area (TPSA) is 92.1 Å². The van der Waals surface area contributed by atoms with Gasteiger partial charge in [0.2, 0.25) is 0 Å². The number of carbonyl (C=O) groups excluding carboxylic acids is 2. The van der Waals surface area contributed by atoms with Gasteiger partial charge in [-0.1, -0.05) is 18.1 Å². The maximum atomic E-state index is 12.6. The number of pyridine rings is 1. The number of fused-ring (bicyclic) bond motifs is 2. The van der Waals surface area contributed by atoms with E-state index < -0.39 is 18.5 Å². The predicted molar refractivity (Wildman–Crippen MR) is 120 cm³/mol. The van der Waals surface area contributed by atoms with Gasteiger partial charge in [-0.2, -0.15) is 5.26 Å². The number of carbonyl (C=O) groups is 2. The first-order valence-electron chi connectivity index (χ1n) is 10.4. The number of amides is 1. The SMILES string of the molecule is Cc1ccc2nc(C)c(C(=O)OCC(=O)Nc3sc4c(c3C#N)CCCCC4)cc2c1. The van der Waals surface area contributed by atoms with E-state index in [0.717, 1.165) is 54.1 Å². The zero-order valence-corrected chi connectivity index (χ0v) is 18.4. The van der Waals surface area contributed by atoms with E-state index in [0.29, 0.717) is 21.8 Å². The number of ether oxygens (including phenoxy) is 1. The van der Waals surface area contributed by atoms with Gasteiger partial charge in [0.05, 0.1) is 22.3 Å². The fourth-order valence-electron chi connectivity index (χ4n) is 3.92. The molecule has 0 bridgehead atoms. The van der Waals surface area contributed by atoms with Crippen molar-refractivity contribution < 1.29 is 14.3 Å². The summed E-state index contributed by atoms with van der Waals surface area (Å²) >= 11 is 1.46. The second kappa shape index (κ2) is 8.86. The van der Waals surface area contributed by atoms with E-state index in [2.05, 4.69) is 16.4 Å². The second-order valence-electron chi connectivity index (χ2n) is 7.82. The summed E-state index contributed by atoms with van der Waals surface area (Å²) in [5.41, 5.74) is 4.37. The largest absolute Gasteiger partial charge is 0.452 e. The van der Waals surface area contributed by atoms with Crippen LogP contribution in [0.2, 0.25) is 0 Å². The Kier molecular flexibility index (Phi) is 6.01.